The Morgan fingerprint density at radius 3 is 2.35 bits per heavy atom. The molecule has 0 saturated heterocycles. The van der Waals surface area contributed by atoms with Gasteiger partial charge in [0.05, 0.1) is 0 Å². The van der Waals surface area contributed by atoms with Gasteiger partial charge in [-0.05, 0) is 36.4 Å². The lowest BCUT2D eigenvalue weighted by atomic mass is 10.0. The Morgan fingerprint density at radius 1 is 1.00 bits per heavy atom. The molecule has 2 nitrogen and oxygen atoms in total. The molecule has 0 saturated carbocycles. The highest BCUT2D eigenvalue weighted by Crippen LogP contribution is 2.43. The average Bonchev–Trinajstić information content (AvgIpc) is 3.01. The fourth-order valence-electron chi connectivity index (χ4n) is 2.74. The molecule has 0 amide bonds. The third-order valence-electron chi connectivity index (χ3n) is 4.04. The van der Waals surface area contributed by atoms with Crippen molar-refractivity contribution < 1.29 is 22.0 Å². The smallest absolute Gasteiger partial charge is 0.303 e. The summed E-state index contributed by atoms with van der Waals surface area (Å²) in [6.45, 7) is 3.69. The molecule has 3 aromatic rings. The minimum atomic E-state index is -5.69. The van der Waals surface area contributed by atoms with Gasteiger partial charge in [-0.25, -0.2) is 4.98 Å². The van der Waals surface area contributed by atoms with Crippen molar-refractivity contribution in [2.45, 2.75) is 30.8 Å². The Morgan fingerprint density at radius 2 is 1.69 bits per heavy atom. The van der Waals surface area contributed by atoms with Gasteiger partial charge < -0.3 is 4.40 Å². The predicted molar refractivity (Wildman–Crippen MR) is 91.7 cm³/mol. The zero-order valence-electron chi connectivity index (χ0n) is 13.9. The van der Waals surface area contributed by atoms with Crippen LogP contribution in [0, 0.1) is 6.92 Å². The minimum Gasteiger partial charge on any atom is -0.303 e. The number of halogens is 5. The van der Waals surface area contributed by atoms with Gasteiger partial charge in [-0.1, -0.05) is 25.1 Å². The second-order valence-corrected chi connectivity index (χ2v) is 6.99. The number of aryl methyl sites for hydroxylation is 1. The summed E-state index contributed by atoms with van der Waals surface area (Å²) in [6, 6.07) is 10.7. The maximum atomic E-state index is 13.6. The van der Waals surface area contributed by atoms with E-state index >= 15 is 0 Å². The summed E-state index contributed by atoms with van der Waals surface area (Å²) < 4.78 is 66.4. The number of hydrogen-bond acceptors (Lipinski definition) is 2. The van der Waals surface area contributed by atoms with Gasteiger partial charge in [-0.3, -0.25) is 0 Å². The fourth-order valence-corrected chi connectivity index (χ4v) is 3.56. The summed E-state index contributed by atoms with van der Waals surface area (Å²) >= 11 is 1.63. The van der Waals surface area contributed by atoms with Crippen LogP contribution in [0.4, 0.5) is 22.0 Å². The molecule has 138 valence electrons. The zero-order chi connectivity index (χ0) is 19.1. The number of nitrogens with zero attached hydrogens (tertiary/aromatic N) is 2. The molecule has 8 heteroatoms. The molecule has 0 radical (unpaired) electrons. The molecule has 0 spiro atoms. The molecule has 0 aliphatic heterocycles. The van der Waals surface area contributed by atoms with Crippen molar-refractivity contribution in [3.05, 3.63) is 54.0 Å². The van der Waals surface area contributed by atoms with E-state index in [1.54, 1.807) is 24.8 Å². The first-order valence-corrected chi connectivity index (χ1v) is 8.81. The van der Waals surface area contributed by atoms with Crippen LogP contribution in [0.5, 0.6) is 0 Å². The van der Waals surface area contributed by atoms with Gasteiger partial charge in [-0.2, -0.15) is 22.0 Å². The quantitative estimate of drug-likeness (QED) is 0.400. The second-order valence-electron chi connectivity index (χ2n) is 5.69. The summed E-state index contributed by atoms with van der Waals surface area (Å²) in [7, 11) is 0. The third kappa shape index (κ3) is 3.06. The van der Waals surface area contributed by atoms with Gasteiger partial charge in [-0.15, -0.1) is 11.8 Å². The lowest BCUT2D eigenvalue weighted by Gasteiger charge is -2.16. The lowest BCUT2D eigenvalue weighted by molar-refractivity contribution is -0.290. The number of fused-ring (bicyclic) bond motifs is 1. The van der Waals surface area contributed by atoms with E-state index in [9.17, 15) is 22.0 Å². The van der Waals surface area contributed by atoms with Gasteiger partial charge in [0.2, 0.25) is 0 Å². The van der Waals surface area contributed by atoms with E-state index in [0.717, 1.165) is 28.0 Å². The van der Waals surface area contributed by atoms with Crippen molar-refractivity contribution in [1.29, 1.82) is 0 Å². The zero-order valence-corrected chi connectivity index (χ0v) is 14.8. The summed E-state index contributed by atoms with van der Waals surface area (Å²) in [5.74, 6) is -4.15. The highest BCUT2D eigenvalue weighted by Gasteiger charge is 2.60. The maximum Gasteiger partial charge on any atom is 0.459 e. The fraction of sp³-hybridized carbons (Fsp3) is 0.278. The first-order chi connectivity index (χ1) is 12.2. The molecule has 1 aromatic carbocycles. The van der Waals surface area contributed by atoms with Crippen molar-refractivity contribution >= 4 is 17.4 Å². The van der Waals surface area contributed by atoms with Crippen molar-refractivity contribution in [1.82, 2.24) is 9.38 Å². The maximum absolute atomic E-state index is 13.6. The largest absolute Gasteiger partial charge is 0.459 e. The van der Waals surface area contributed by atoms with Crippen LogP contribution in [0.2, 0.25) is 0 Å². The SMILES string of the molecule is CCSc1ccccc1-c1ccc2nc(C(F)(F)C(F)(F)F)cn2c1C. The Balaban J connectivity index is 2.16. The molecule has 3 rings (SSSR count). The second kappa shape index (κ2) is 6.57. The van der Waals surface area contributed by atoms with E-state index in [4.69, 9.17) is 0 Å². The number of pyridine rings is 1. The van der Waals surface area contributed by atoms with E-state index in [1.807, 2.05) is 31.2 Å². The number of rotatable bonds is 4. The Bertz CT molecular complexity index is 946. The summed E-state index contributed by atoms with van der Waals surface area (Å²) in [5.41, 5.74) is 0.945. The molecule has 0 aliphatic carbocycles. The van der Waals surface area contributed by atoms with Gasteiger partial charge in [0.15, 0.2) is 0 Å². The van der Waals surface area contributed by atoms with Crippen LogP contribution in [-0.2, 0) is 5.92 Å². The molecule has 0 atom stereocenters. The molecule has 2 aromatic heterocycles. The average molecular weight is 386 g/mol. The number of hydrogen-bond donors (Lipinski definition) is 0. The van der Waals surface area contributed by atoms with Gasteiger partial charge in [0.1, 0.15) is 11.3 Å². The van der Waals surface area contributed by atoms with Crippen LogP contribution < -0.4 is 0 Å². The highest BCUT2D eigenvalue weighted by atomic mass is 32.2. The van der Waals surface area contributed by atoms with Crippen LogP contribution in [0.25, 0.3) is 16.8 Å². The number of imidazole rings is 1. The number of aromatic nitrogens is 2. The molecule has 0 aliphatic rings. The highest BCUT2D eigenvalue weighted by molar-refractivity contribution is 7.99. The normalized spacial score (nSPS) is 12.7. The van der Waals surface area contributed by atoms with E-state index < -0.39 is 17.8 Å². The Hall–Kier alpha value is -2.09. The first-order valence-electron chi connectivity index (χ1n) is 7.82. The number of thioether (sulfide) groups is 1. The topological polar surface area (TPSA) is 17.3 Å². The molecule has 0 bridgehead atoms. The molecule has 26 heavy (non-hydrogen) atoms. The lowest BCUT2D eigenvalue weighted by Crippen LogP contribution is -2.33. The van der Waals surface area contributed by atoms with E-state index in [0.29, 0.717) is 5.69 Å². The van der Waals surface area contributed by atoms with E-state index in [2.05, 4.69) is 4.98 Å². The van der Waals surface area contributed by atoms with E-state index in [-0.39, 0.29) is 5.65 Å². The molecule has 0 fully saturated rings. The molecule has 0 N–H and O–H groups in total. The van der Waals surface area contributed by atoms with Crippen LogP contribution in [0.3, 0.4) is 0 Å². The van der Waals surface area contributed by atoms with Crippen molar-refractivity contribution in [3.63, 3.8) is 0 Å². The van der Waals surface area contributed by atoms with Crippen LogP contribution >= 0.6 is 11.8 Å². The Labute approximate surface area is 151 Å². The Kier molecular flexibility index (Phi) is 4.72. The standard InChI is InChI=1S/C18H15F5N2S/c1-3-26-14-7-5-4-6-13(14)12-8-9-16-24-15(10-25(16)11(12)2)17(19,20)18(21,22)23/h4-10H,3H2,1-2H3. The van der Waals surface area contributed by atoms with Gasteiger partial charge in [0.25, 0.3) is 0 Å². The third-order valence-corrected chi connectivity index (χ3v) is 4.99. The van der Waals surface area contributed by atoms with Crippen molar-refractivity contribution in [2.75, 3.05) is 5.75 Å². The van der Waals surface area contributed by atoms with Crippen LogP contribution in [0.1, 0.15) is 18.3 Å². The van der Waals surface area contributed by atoms with Crippen molar-refractivity contribution in [2.24, 2.45) is 0 Å². The predicted octanol–water partition coefficient (Wildman–Crippen LogP) is 6.08. The van der Waals surface area contributed by atoms with Crippen LogP contribution in [0.15, 0.2) is 47.5 Å². The van der Waals surface area contributed by atoms with Gasteiger partial charge >= 0.3 is 12.1 Å². The summed E-state index contributed by atoms with van der Waals surface area (Å²) in [6.07, 6.45) is -4.93. The first kappa shape index (κ1) is 18.7. The summed E-state index contributed by atoms with van der Waals surface area (Å²) in [4.78, 5) is 4.51. The molecular weight excluding hydrogens is 371 g/mol. The van der Waals surface area contributed by atoms with Crippen LogP contribution in [-0.4, -0.2) is 21.3 Å². The summed E-state index contributed by atoms with van der Waals surface area (Å²) in [5, 5.41) is 0. The molecular formula is C18H15F5N2S. The number of benzene rings is 1. The molecule has 0 unspecified atom stereocenters. The molecule has 2 heterocycles. The van der Waals surface area contributed by atoms with E-state index in [1.165, 1.54) is 10.5 Å². The van der Waals surface area contributed by atoms with Crippen molar-refractivity contribution in [3.8, 4) is 11.1 Å². The monoisotopic (exact) mass is 386 g/mol. The van der Waals surface area contributed by atoms with Gasteiger partial charge in [0, 0.05) is 22.3 Å². The number of alkyl halides is 5. The minimum absolute atomic E-state index is 0.0470.